The van der Waals surface area contributed by atoms with Gasteiger partial charge in [-0.2, -0.15) is 5.10 Å². The molecule has 0 unspecified atom stereocenters. The molecule has 0 fully saturated rings. The molecule has 0 aliphatic carbocycles. The fraction of sp³-hybridized carbons (Fsp3) is 0.615. The van der Waals surface area contributed by atoms with Gasteiger partial charge >= 0.3 is 6.03 Å². The molecular formula is C13H21N7OS. The molecule has 9 heteroatoms. The molecule has 0 aliphatic heterocycles. The topological polar surface area (TPSA) is 97.6 Å². The van der Waals surface area contributed by atoms with E-state index in [4.69, 9.17) is 0 Å². The Balaban J connectivity index is 1.87. The van der Waals surface area contributed by atoms with E-state index in [1.54, 1.807) is 11.0 Å². The lowest BCUT2D eigenvalue weighted by molar-refractivity contribution is 0.247. The summed E-state index contributed by atoms with van der Waals surface area (Å²) in [5, 5.41) is 19.1. The first kappa shape index (κ1) is 16.3. The van der Waals surface area contributed by atoms with Crippen LogP contribution in [0.5, 0.6) is 0 Å². The van der Waals surface area contributed by atoms with Crippen molar-refractivity contribution in [1.29, 1.82) is 0 Å². The third-order valence-corrected chi connectivity index (χ3v) is 4.62. The highest BCUT2D eigenvalue weighted by atomic mass is 32.1. The first-order valence-corrected chi connectivity index (χ1v) is 7.96. The predicted octanol–water partition coefficient (Wildman–Crippen LogP) is 2.03. The summed E-state index contributed by atoms with van der Waals surface area (Å²) in [4.78, 5) is 15.8. The van der Waals surface area contributed by atoms with Crippen molar-refractivity contribution in [1.82, 2.24) is 30.3 Å². The van der Waals surface area contributed by atoms with Gasteiger partial charge < -0.3 is 5.32 Å². The summed E-state index contributed by atoms with van der Waals surface area (Å²) in [5.41, 5.74) is -0.0333. The second-order valence-electron chi connectivity index (χ2n) is 5.77. The van der Waals surface area contributed by atoms with Crippen LogP contribution in [0.4, 0.5) is 9.93 Å². The van der Waals surface area contributed by atoms with Crippen molar-refractivity contribution in [3.8, 4) is 0 Å². The third kappa shape index (κ3) is 4.23. The summed E-state index contributed by atoms with van der Waals surface area (Å²) in [5.74, 6) is 0. The summed E-state index contributed by atoms with van der Waals surface area (Å²) < 4.78 is 1.66. The molecule has 120 valence electrons. The first-order valence-electron chi connectivity index (χ1n) is 7.14. The van der Waals surface area contributed by atoms with E-state index >= 15 is 0 Å². The molecule has 0 aromatic carbocycles. The monoisotopic (exact) mass is 323 g/mol. The van der Waals surface area contributed by atoms with Crippen LogP contribution in [0.3, 0.4) is 0 Å². The maximum Gasteiger partial charge on any atom is 0.321 e. The molecule has 0 saturated carbocycles. The van der Waals surface area contributed by atoms with Gasteiger partial charge in [-0.05, 0) is 13.3 Å². The number of carbonyl (C=O) groups excluding carboxylic acids is 1. The van der Waals surface area contributed by atoms with Crippen molar-refractivity contribution in [3.63, 3.8) is 0 Å². The smallest absolute Gasteiger partial charge is 0.321 e. The zero-order valence-electron chi connectivity index (χ0n) is 13.2. The summed E-state index contributed by atoms with van der Waals surface area (Å²) in [6.45, 7) is 8.77. The Bertz CT molecular complexity index is 608. The molecule has 0 saturated heterocycles. The summed E-state index contributed by atoms with van der Waals surface area (Å²) in [6.07, 6.45) is 4.04. The van der Waals surface area contributed by atoms with Crippen LogP contribution in [0.25, 0.3) is 0 Å². The number of nitrogens with one attached hydrogen (secondary N) is 2. The predicted molar refractivity (Wildman–Crippen MR) is 84.9 cm³/mol. The lowest BCUT2D eigenvalue weighted by Gasteiger charge is -2.17. The Morgan fingerprint density at radius 1 is 1.45 bits per heavy atom. The Morgan fingerprint density at radius 3 is 2.86 bits per heavy atom. The molecule has 1 atom stereocenters. The quantitative estimate of drug-likeness (QED) is 0.847. The van der Waals surface area contributed by atoms with Gasteiger partial charge in [0.25, 0.3) is 0 Å². The van der Waals surface area contributed by atoms with Crippen LogP contribution in [-0.4, -0.2) is 37.0 Å². The maximum absolute atomic E-state index is 12.0. The van der Waals surface area contributed by atoms with Crippen LogP contribution in [0.15, 0.2) is 12.7 Å². The number of nitrogens with zero attached hydrogens (tertiary/aromatic N) is 5. The van der Waals surface area contributed by atoms with Gasteiger partial charge in [0, 0.05) is 11.5 Å². The van der Waals surface area contributed by atoms with Gasteiger partial charge in [-0.1, -0.05) is 32.1 Å². The first-order chi connectivity index (χ1) is 10.4. The van der Waals surface area contributed by atoms with Gasteiger partial charge in [0.15, 0.2) is 0 Å². The lowest BCUT2D eigenvalue weighted by atomic mass is 9.91. The number of hydrogen-bond acceptors (Lipinski definition) is 6. The van der Waals surface area contributed by atoms with Crippen molar-refractivity contribution >= 4 is 22.5 Å². The van der Waals surface area contributed by atoms with E-state index in [0.29, 0.717) is 11.7 Å². The number of carbonyl (C=O) groups is 1. The SMILES string of the molecule is CCC(C)(C)c1nnc(NC(=O)N[C@@H](C)Cn2cncn2)s1. The minimum absolute atomic E-state index is 0.0333. The number of urea groups is 1. The van der Waals surface area contributed by atoms with E-state index in [1.807, 2.05) is 6.92 Å². The molecule has 2 heterocycles. The van der Waals surface area contributed by atoms with E-state index < -0.39 is 0 Å². The maximum atomic E-state index is 12.0. The summed E-state index contributed by atoms with van der Waals surface area (Å²) >= 11 is 1.40. The van der Waals surface area contributed by atoms with Crippen LogP contribution in [0.1, 0.15) is 39.1 Å². The van der Waals surface area contributed by atoms with E-state index in [1.165, 1.54) is 17.7 Å². The Hall–Kier alpha value is -2.03. The average Bonchev–Trinajstić information content (AvgIpc) is 3.10. The number of hydrogen-bond donors (Lipinski definition) is 2. The highest BCUT2D eigenvalue weighted by Crippen LogP contribution is 2.30. The van der Waals surface area contributed by atoms with Gasteiger partial charge in [-0.25, -0.2) is 9.78 Å². The van der Waals surface area contributed by atoms with Gasteiger partial charge in [0.1, 0.15) is 17.7 Å². The van der Waals surface area contributed by atoms with Crippen LogP contribution in [0.2, 0.25) is 0 Å². The van der Waals surface area contributed by atoms with Gasteiger partial charge in [0.2, 0.25) is 5.13 Å². The lowest BCUT2D eigenvalue weighted by Crippen LogP contribution is -2.38. The normalized spacial score (nSPS) is 12.9. The van der Waals surface area contributed by atoms with Crippen LogP contribution < -0.4 is 10.6 Å². The fourth-order valence-corrected chi connectivity index (χ4v) is 2.62. The molecule has 2 amide bonds. The molecule has 0 spiro atoms. The van der Waals surface area contributed by atoms with Gasteiger partial charge in [-0.15, -0.1) is 10.2 Å². The summed E-state index contributed by atoms with van der Waals surface area (Å²) in [7, 11) is 0. The van der Waals surface area contributed by atoms with Crippen LogP contribution in [-0.2, 0) is 12.0 Å². The molecule has 2 rings (SSSR count). The molecule has 2 aromatic heterocycles. The largest absolute Gasteiger partial charge is 0.333 e. The molecule has 8 nitrogen and oxygen atoms in total. The van der Waals surface area contributed by atoms with Crippen LogP contribution >= 0.6 is 11.3 Å². The standard InChI is InChI=1S/C13H21N7OS/c1-5-13(3,4)10-18-19-12(22-10)17-11(21)16-9(2)6-20-8-14-7-15-20/h7-9H,5-6H2,1-4H3,(H2,16,17,19,21)/t9-/m0/s1. The molecule has 0 bridgehead atoms. The minimum atomic E-state index is -0.301. The number of amides is 2. The number of anilines is 1. The van der Waals surface area contributed by atoms with E-state index in [-0.39, 0.29) is 17.5 Å². The molecule has 2 N–H and O–H groups in total. The van der Waals surface area contributed by atoms with E-state index in [9.17, 15) is 4.79 Å². The van der Waals surface area contributed by atoms with Crippen molar-refractivity contribution in [2.24, 2.45) is 0 Å². The molecule has 2 aromatic rings. The van der Waals surface area contributed by atoms with Crippen molar-refractivity contribution in [3.05, 3.63) is 17.7 Å². The van der Waals surface area contributed by atoms with Crippen molar-refractivity contribution in [2.45, 2.75) is 52.1 Å². The number of rotatable bonds is 6. The second-order valence-corrected chi connectivity index (χ2v) is 6.74. The summed E-state index contributed by atoms with van der Waals surface area (Å²) in [6, 6.07) is -0.384. The minimum Gasteiger partial charge on any atom is -0.333 e. The van der Waals surface area contributed by atoms with E-state index in [2.05, 4.69) is 51.7 Å². The Morgan fingerprint density at radius 2 is 2.23 bits per heavy atom. The third-order valence-electron chi connectivity index (χ3n) is 3.41. The fourth-order valence-electron chi connectivity index (χ4n) is 1.71. The van der Waals surface area contributed by atoms with Crippen molar-refractivity contribution in [2.75, 3.05) is 5.32 Å². The molecule has 0 radical (unpaired) electrons. The highest BCUT2D eigenvalue weighted by molar-refractivity contribution is 7.15. The zero-order chi connectivity index (χ0) is 16.2. The molecular weight excluding hydrogens is 302 g/mol. The van der Waals surface area contributed by atoms with Gasteiger partial charge in [0.05, 0.1) is 6.54 Å². The van der Waals surface area contributed by atoms with Crippen molar-refractivity contribution < 1.29 is 4.79 Å². The zero-order valence-corrected chi connectivity index (χ0v) is 14.0. The Kier molecular flexibility index (Phi) is 5.07. The van der Waals surface area contributed by atoms with E-state index in [0.717, 1.165) is 11.4 Å². The van der Waals surface area contributed by atoms with Crippen LogP contribution in [0, 0.1) is 0 Å². The Labute approximate surface area is 133 Å². The number of aromatic nitrogens is 5. The average molecular weight is 323 g/mol. The van der Waals surface area contributed by atoms with Gasteiger partial charge in [-0.3, -0.25) is 10.00 Å². The second kappa shape index (κ2) is 6.82. The highest BCUT2D eigenvalue weighted by Gasteiger charge is 2.23. The molecule has 22 heavy (non-hydrogen) atoms. The molecule has 0 aliphatic rings.